The van der Waals surface area contributed by atoms with Crippen LogP contribution in [0.15, 0.2) is 53.1 Å². The van der Waals surface area contributed by atoms with Crippen molar-refractivity contribution in [1.82, 2.24) is 25.4 Å². The number of hydrogen-bond acceptors (Lipinski definition) is 7. The van der Waals surface area contributed by atoms with Crippen molar-refractivity contribution >= 4 is 11.6 Å². The second-order valence-electron chi connectivity index (χ2n) is 8.86. The maximum Gasteiger partial charge on any atom is 0.314 e. The van der Waals surface area contributed by atoms with Crippen LogP contribution >= 0.6 is 0 Å². The van der Waals surface area contributed by atoms with Crippen molar-refractivity contribution in [2.75, 3.05) is 31.1 Å². The van der Waals surface area contributed by atoms with Crippen molar-refractivity contribution in [3.8, 4) is 11.5 Å². The van der Waals surface area contributed by atoms with Gasteiger partial charge in [-0.3, -0.25) is 14.7 Å². The van der Waals surface area contributed by atoms with Crippen LogP contribution in [0.25, 0.3) is 11.5 Å². The van der Waals surface area contributed by atoms with Gasteiger partial charge in [-0.05, 0) is 50.2 Å². The zero-order chi connectivity index (χ0) is 24.4. The minimum Gasteiger partial charge on any atom is -0.415 e. The van der Waals surface area contributed by atoms with Crippen molar-refractivity contribution < 1.29 is 22.4 Å². The SMILES string of the molecule is O=C(N(Cc1ccc(-c2nnc(C(F)F)o2)cn1)c1ccccc1)C1(F)CN(C2CCNCC2)C1. The van der Waals surface area contributed by atoms with Crippen LogP contribution in [0.5, 0.6) is 0 Å². The lowest BCUT2D eigenvalue weighted by atomic mass is 9.89. The van der Waals surface area contributed by atoms with Crippen molar-refractivity contribution in [1.29, 1.82) is 0 Å². The van der Waals surface area contributed by atoms with Crippen LogP contribution in [0, 0.1) is 0 Å². The van der Waals surface area contributed by atoms with Gasteiger partial charge in [0.2, 0.25) is 11.6 Å². The second kappa shape index (κ2) is 9.74. The predicted molar refractivity (Wildman–Crippen MR) is 121 cm³/mol. The van der Waals surface area contributed by atoms with Crippen molar-refractivity contribution in [2.45, 2.75) is 37.5 Å². The smallest absolute Gasteiger partial charge is 0.314 e. The number of piperidine rings is 1. The van der Waals surface area contributed by atoms with E-state index in [-0.39, 0.29) is 25.5 Å². The number of nitrogens with one attached hydrogen (secondary N) is 1. The van der Waals surface area contributed by atoms with Gasteiger partial charge in [0.05, 0.1) is 17.8 Å². The highest BCUT2D eigenvalue weighted by atomic mass is 19.3. The van der Waals surface area contributed by atoms with Gasteiger partial charge in [0.1, 0.15) is 0 Å². The Kier molecular flexibility index (Phi) is 6.52. The molecule has 0 atom stereocenters. The number of rotatable bonds is 7. The quantitative estimate of drug-likeness (QED) is 0.548. The Labute approximate surface area is 200 Å². The zero-order valence-electron chi connectivity index (χ0n) is 18.9. The number of carbonyl (C=O) groups is 1. The maximum absolute atomic E-state index is 15.7. The summed E-state index contributed by atoms with van der Waals surface area (Å²) in [5, 5.41) is 10.2. The van der Waals surface area contributed by atoms with Gasteiger partial charge in [-0.15, -0.1) is 10.2 Å². The molecule has 5 rings (SSSR count). The molecule has 2 aromatic heterocycles. The van der Waals surface area contributed by atoms with Crippen LogP contribution in [-0.2, 0) is 11.3 Å². The molecule has 3 aromatic rings. The zero-order valence-corrected chi connectivity index (χ0v) is 18.9. The van der Waals surface area contributed by atoms with Crippen LogP contribution in [-0.4, -0.2) is 63.9 Å². The molecule has 2 aliphatic rings. The molecule has 4 heterocycles. The van der Waals surface area contributed by atoms with E-state index in [0.717, 1.165) is 25.9 Å². The van der Waals surface area contributed by atoms with Crippen LogP contribution < -0.4 is 10.2 Å². The van der Waals surface area contributed by atoms with Crippen molar-refractivity contribution in [3.63, 3.8) is 0 Å². The van der Waals surface area contributed by atoms with Gasteiger partial charge in [0.25, 0.3) is 11.8 Å². The summed E-state index contributed by atoms with van der Waals surface area (Å²) in [6.07, 6.45) is 0.432. The largest absolute Gasteiger partial charge is 0.415 e. The van der Waals surface area contributed by atoms with Gasteiger partial charge >= 0.3 is 6.43 Å². The van der Waals surface area contributed by atoms with E-state index in [1.165, 1.54) is 11.1 Å². The van der Waals surface area contributed by atoms with Crippen molar-refractivity contribution in [3.05, 3.63) is 60.2 Å². The molecule has 184 valence electrons. The number of halogens is 3. The van der Waals surface area contributed by atoms with E-state index in [4.69, 9.17) is 4.42 Å². The first kappa shape index (κ1) is 23.4. The highest BCUT2D eigenvalue weighted by Crippen LogP contribution is 2.34. The van der Waals surface area contributed by atoms with Gasteiger partial charge in [-0.1, -0.05) is 18.2 Å². The Morgan fingerprint density at radius 3 is 2.51 bits per heavy atom. The molecule has 1 aromatic carbocycles. The van der Waals surface area contributed by atoms with E-state index < -0.39 is 23.9 Å². The summed E-state index contributed by atoms with van der Waals surface area (Å²) >= 11 is 0. The van der Waals surface area contributed by atoms with Gasteiger partial charge in [0, 0.05) is 31.0 Å². The van der Waals surface area contributed by atoms with Gasteiger partial charge < -0.3 is 14.6 Å². The fourth-order valence-corrected chi connectivity index (χ4v) is 4.54. The molecule has 0 spiro atoms. The predicted octanol–water partition coefficient (Wildman–Crippen LogP) is 3.38. The summed E-state index contributed by atoms with van der Waals surface area (Å²) in [5.41, 5.74) is -0.531. The number of para-hydroxylation sites is 1. The summed E-state index contributed by atoms with van der Waals surface area (Å²) in [6, 6.07) is 12.4. The minimum atomic E-state index is -2.86. The molecule has 0 aliphatic carbocycles. The van der Waals surface area contributed by atoms with E-state index in [9.17, 15) is 13.6 Å². The molecule has 2 saturated heterocycles. The fraction of sp³-hybridized carbons (Fsp3) is 0.417. The number of benzene rings is 1. The molecule has 8 nitrogen and oxygen atoms in total. The summed E-state index contributed by atoms with van der Waals surface area (Å²) < 4.78 is 46.1. The fourth-order valence-electron chi connectivity index (χ4n) is 4.54. The lowest BCUT2D eigenvalue weighted by molar-refractivity contribution is -0.145. The van der Waals surface area contributed by atoms with E-state index >= 15 is 4.39 Å². The summed E-state index contributed by atoms with van der Waals surface area (Å²) in [7, 11) is 0. The lowest BCUT2D eigenvalue weighted by Gasteiger charge is -2.49. The highest BCUT2D eigenvalue weighted by Gasteiger charge is 2.53. The number of nitrogens with zero attached hydrogens (tertiary/aromatic N) is 5. The first-order valence-corrected chi connectivity index (χ1v) is 11.5. The molecule has 0 bridgehead atoms. The average molecular weight is 486 g/mol. The molecule has 2 fully saturated rings. The van der Waals surface area contributed by atoms with Gasteiger partial charge in [-0.2, -0.15) is 8.78 Å². The Balaban J connectivity index is 1.32. The number of alkyl halides is 3. The average Bonchev–Trinajstić information content (AvgIpc) is 3.37. The van der Waals surface area contributed by atoms with Crippen LogP contribution in [0.4, 0.5) is 18.9 Å². The third-order valence-corrected chi connectivity index (χ3v) is 6.45. The standard InChI is InChI=1S/C24H25F3N6O2/c25-20(26)22-31-30-21(35-22)16-6-7-17(29-12-16)13-33(19-4-2-1-3-5-19)23(34)24(27)14-32(15-24)18-8-10-28-11-9-18/h1-7,12,18,20,28H,8-11,13-15H2. The first-order valence-electron chi connectivity index (χ1n) is 11.5. The second-order valence-corrected chi connectivity index (χ2v) is 8.86. The number of likely N-dealkylation sites (tertiary alicyclic amines) is 1. The topological polar surface area (TPSA) is 87.4 Å². The Morgan fingerprint density at radius 1 is 1.14 bits per heavy atom. The highest BCUT2D eigenvalue weighted by molar-refractivity contribution is 6.00. The van der Waals surface area contributed by atoms with Crippen LogP contribution in [0.3, 0.4) is 0 Å². The minimum absolute atomic E-state index is 0.0499. The Bertz CT molecular complexity index is 1150. The molecule has 1 N–H and O–H groups in total. The van der Waals surface area contributed by atoms with Crippen molar-refractivity contribution in [2.24, 2.45) is 0 Å². The van der Waals surface area contributed by atoms with E-state index in [1.807, 2.05) is 11.0 Å². The molecule has 1 amide bonds. The molecular weight excluding hydrogens is 461 g/mol. The lowest BCUT2D eigenvalue weighted by Crippen LogP contribution is -2.69. The Morgan fingerprint density at radius 2 is 1.89 bits per heavy atom. The monoisotopic (exact) mass is 486 g/mol. The van der Waals surface area contributed by atoms with Gasteiger partial charge in [0.15, 0.2) is 0 Å². The molecule has 11 heteroatoms. The molecular formula is C24H25F3N6O2. The third kappa shape index (κ3) is 4.92. The number of hydrogen-bond donors (Lipinski definition) is 1. The molecule has 0 unspecified atom stereocenters. The number of anilines is 1. The first-order chi connectivity index (χ1) is 16.9. The van der Waals surface area contributed by atoms with Crippen LogP contribution in [0.2, 0.25) is 0 Å². The number of aromatic nitrogens is 3. The van der Waals surface area contributed by atoms with E-state index in [0.29, 0.717) is 23.0 Å². The summed E-state index contributed by atoms with van der Waals surface area (Å²) in [5.74, 6) is -1.44. The van der Waals surface area contributed by atoms with E-state index in [1.54, 1.807) is 36.4 Å². The third-order valence-electron chi connectivity index (χ3n) is 6.45. The number of carbonyl (C=O) groups excluding carboxylic acids is 1. The normalized spacial score (nSPS) is 18.4. The molecule has 0 radical (unpaired) electrons. The molecule has 2 aliphatic heterocycles. The molecule has 35 heavy (non-hydrogen) atoms. The molecule has 0 saturated carbocycles. The van der Waals surface area contributed by atoms with E-state index in [2.05, 4.69) is 20.5 Å². The van der Waals surface area contributed by atoms with Gasteiger partial charge in [-0.25, -0.2) is 4.39 Å². The maximum atomic E-state index is 15.7. The number of pyridine rings is 1. The summed E-state index contributed by atoms with van der Waals surface area (Å²) in [6.45, 7) is 2.01. The Hall–Kier alpha value is -3.31. The summed E-state index contributed by atoms with van der Waals surface area (Å²) in [4.78, 5) is 21.2. The number of amides is 1. The van der Waals surface area contributed by atoms with Crippen LogP contribution in [0.1, 0.15) is 30.9 Å².